The third kappa shape index (κ3) is 7.19. The van der Waals surface area contributed by atoms with Gasteiger partial charge in [0.15, 0.2) is 0 Å². The standard InChI is InChI=1S/C60H50N4O/c1-40-18-16-19-41(2)59(40)63-39-55(62-33-15-14-28-57(62)63)44-34-45(58-49(42-20-8-6-9-21-42)25-17-26-50(58)43-22-10-7-11-23-43)36-48(35-44)65-47-29-30-52-51-24-12-13-27-53(51)64(54(52)38-47)56-37-46(31-32-61-56)60(3,4)5/h6-39,57H,1-5H3/i1D3. The lowest BCUT2D eigenvalue weighted by Crippen LogP contribution is -2.36. The van der Waals surface area contributed by atoms with Crippen molar-refractivity contribution in [3.8, 4) is 50.7 Å². The van der Waals surface area contributed by atoms with Gasteiger partial charge in [0.1, 0.15) is 23.5 Å². The van der Waals surface area contributed by atoms with Crippen molar-refractivity contribution in [2.24, 2.45) is 0 Å². The second-order valence-corrected chi connectivity index (χ2v) is 17.9. The van der Waals surface area contributed by atoms with E-state index in [0.29, 0.717) is 22.7 Å². The number of aromatic nitrogens is 2. The average molecular weight is 846 g/mol. The predicted molar refractivity (Wildman–Crippen MR) is 270 cm³/mol. The van der Waals surface area contributed by atoms with Crippen LogP contribution >= 0.6 is 0 Å². The summed E-state index contributed by atoms with van der Waals surface area (Å²) in [4.78, 5) is 9.24. The summed E-state index contributed by atoms with van der Waals surface area (Å²) in [6.07, 6.45) is 11.9. The highest BCUT2D eigenvalue weighted by atomic mass is 16.5. The molecule has 316 valence electrons. The Labute approximate surface area is 385 Å². The highest BCUT2D eigenvalue weighted by Crippen LogP contribution is 2.46. The number of fused-ring (bicyclic) bond motifs is 4. The minimum absolute atomic E-state index is 0.0588. The molecule has 0 bridgehead atoms. The molecule has 5 heteroatoms. The molecule has 1 atom stereocenters. The van der Waals surface area contributed by atoms with Crippen LogP contribution in [0.3, 0.4) is 0 Å². The fourth-order valence-corrected chi connectivity index (χ4v) is 9.57. The van der Waals surface area contributed by atoms with Crippen molar-refractivity contribution in [2.75, 3.05) is 4.90 Å². The fraction of sp³-hybridized carbons (Fsp3) is 0.117. The molecule has 2 aliphatic rings. The number of pyridine rings is 1. The van der Waals surface area contributed by atoms with Gasteiger partial charge in [-0.3, -0.25) is 4.57 Å². The number of hydrogen-bond donors (Lipinski definition) is 0. The molecule has 11 rings (SSSR count). The Hall–Kier alpha value is -7.89. The molecule has 9 aromatic rings. The Morgan fingerprint density at radius 1 is 0.585 bits per heavy atom. The quantitative estimate of drug-likeness (QED) is 0.153. The van der Waals surface area contributed by atoms with Gasteiger partial charge in [-0.05, 0) is 130 Å². The van der Waals surface area contributed by atoms with Crippen LogP contribution in [0, 0.1) is 13.8 Å². The van der Waals surface area contributed by atoms with Crippen LogP contribution < -0.4 is 9.64 Å². The van der Waals surface area contributed by atoms with E-state index in [2.05, 4.69) is 193 Å². The number of allylic oxidation sites excluding steroid dienone is 2. The molecule has 0 saturated heterocycles. The number of para-hydroxylation sites is 2. The molecule has 0 fully saturated rings. The van der Waals surface area contributed by atoms with Crippen molar-refractivity contribution in [2.45, 2.75) is 46.1 Å². The van der Waals surface area contributed by atoms with Gasteiger partial charge in [-0.15, -0.1) is 0 Å². The molecule has 0 radical (unpaired) electrons. The van der Waals surface area contributed by atoms with Gasteiger partial charge in [-0.25, -0.2) is 4.98 Å². The molecule has 7 aromatic carbocycles. The van der Waals surface area contributed by atoms with Gasteiger partial charge in [0.25, 0.3) is 0 Å². The van der Waals surface area contributed by atoms with Crippen LogP contribution in [-0.2, 0) is 5.41 Å². The largest absolute Gasteiger partial charge is 0.457 e. The van der Waals surface area contributed by atoms with Crippen molar-refractivity contribution < 1.29 is 8.85 Å². The van der Waals surface area contributed by atoms with Crippen molar-refractivity contribution in [1.82, 2.24) is 14.5 Å². The van der Waals surface area contributed by atoms with Crippen molar-refractivity contribution in [3.63, 3.8) is 0 Å². The lowest BCUT2D eigenvalue weighted by Gasteiger charge is -2.33. The Morgan fingerprint density at radius 2 is 1.28 bits per heavy atom. The van der Waals surface area contributed by atoms with Crippen LogP contribution in [0.1, 0.15) is 47.1 Å². The number of rotatable bonds is 8. The molecule has 65 heavy (non-hydrogen) atoms. The molecular formula is C60H50N4O. The van der Waals surface area contributed by atoms with Crippen LogP contribution in [0.25, 0.3) is 66.7 Å². The molecule has 2 aliphatic heterocycles. The Kier molecular flexibility index (Phi) is 9.02. The highest BCUT2D eigenvalue weighted by molar-refractivity contribution is 6.09. The summed E-state index contributed by atoms with van der Waals surface area (Å²) >= 11 is 0. The van der Waals surface area contributed by atoms with Gasteiger partial charge in [-0.2, -0.15) is 0 Å². The summed E-state index contributed by atoms with van der Waals surface area (Å²) in [5, 5.41) is 2.24. The van der Waals surface area contributed by atoms with Gasteiger partial charge in [-0.1, -0.05) is 142 Å². The smallest absolute Gasteiger partial charge is 0.137 e. The Morgan fingerprint density at radius 3 is 2.03 bits per heavy atom. The minimum Gasteiger partial charge on any atom is -0.457 e. The second kappa shape index (κ2) is 16.0. The molecule has 0 aliphatic carbocycles. The SMILES string of the molecule is [2H]C([2H])([2H])c1cccc(C)c1N1C=C(c2cc(Oc3ccc4c5ccccc5n(-c5cc(C(C)(C)C)ccn5)c4c3)cc(-c3c(-c4ccccc4)cccc3-c3ccccc3)c2)N2C=CC=CC21. The van der Waals surface area contributed by atoms with E-state index in [9.17, 15) is 0 Å². The van der Waals surface area contributed by atoms with E-state index in [4.69, 9.17) is 13.8 Å². The Bertz CT molecular complexity index is 3430. The van der Waals surface area contributed by atoms with E-state index in [1.165, 1.54) is 5.56 Å². The van der Waals surface area contributed by atoms with Crippen LogP contribution in [0.4, 0.5) is 5.69 Å². The number of ether oxygens (including phenoxy) is 1. The van der Waals surface area contributed by atoms with Gasteiger partial charge in [0.05, 0.1) is 16.7 Å². The first-order valence-electron chi connectivity index (χ1n) is 23.7. The zero-order valence-electron chi connectivity index (χ0n) is 39.9. The lowest BCUT2D eigenvalue weighted by atomic mass is 9.87. The van der Waals surface area contributed by atoms with Crippen molar-refractivity contribution in [3.05, 3.63) is 229 Å². The van der Waals surface area contributed by atoms with Crippen LogP contribution in [0.15, 0.2) is 207 Å². The first-order valence-corrected chi connectivity index (χ1v) is 22.2. The molecule has 0 N–H and O–H groups in total. The second-order valence-electron chi connectivity index (χ2n) is 17.9. The summed E-state index contributed by atoms with van der Waals surface area (Å²) in [7, 11) is 0. The highest BCUT2D eigenvalue weighted by Gasteiger charge is 2.34. The molecule has 0 saturated carbocycles. The maximum absolute atomic E-state index is 8.56. The van der Waals surface area contributed by atoms with Gasteiger partial charge >= 0.3 is 0 Å². The van der Waals surface area contributed by atoms with Crippen molar-refractivity contribution in [1.29, 1.82) is 0 Å². The molecule has 5 nitrogen and oxygen atoms in total. The number of hydrogen-bond acceptors (Lipinski definition) is 4. The third-order valence-corrected chi connectivity index (χ3v) is 12.7. The van der Waals surface area contributed by atoms with Gasteiger partial charge in [0.2, 0.25) is 0 Å². The topological polar surface area (TPSA) is 33.5 Å². The van der Waals surface area contributed by atoms with Crippen molar-refractivity contribution >= 4 is 33.2 Å². The fourth-order valence-electron chi connectivity index (χ4n) is 9.57. The number of benzene rings is 7. The summed E-state index contributed by atoms with van der Waals surface area (Å²) in [5.74, 6) is 2.18. The summed E-state index contributed by atoms with van der Waals surface area (Å²) in [5.41, 5.74) is 13.3. The first-order chi connectivity index (χ1) is 32.9. The van der Waals surface area contributed by atoms with E-state index in [0.717, 1.165) is 77.8 Å². The Balaban J connectivity index is 1.13. The van der Waals surface area contributed by atoms with Gasteiger partial charge < -0.3 is 14.5 Å². The van der Waals surface area contributed by atoms with E-state index >= 15 is 0 Å². The molecule has 0 spiro atoms. The number of anilines is 1. The molecular weight excluding hydrogens is 793 g/mol. The predicted octanol–water partition coefficient (Wildman–Crippen LogP) is 15.4. The van der Waals surface area contributed by atoms with E-state index in [-0.39, 0.29) is 11.6 Å². The number of nitrogens with zero attached hydrogens (tertiary/aromatic N) is 4. The van der Waals surface area contributed by atoms with Gasteiger partial charge in [0, 0.05) is 50.8 Å². The normalized spacial score (nSPS) is 15.5. The number of aryl methyl sites for hydroxylation is 2. The van der Waals surface area contributed by atoms with Crippen LogP contribution in [-0.4, -0.2) is 20.6 Å². The van der Waals surface area contributed by atoms with E-state index in [1.807, 2.05) is 49.5 Å². The maximum Gasteiger partial charge on any atom is 0.137 e. The lowest BCUT2D eigenvalue weighted by molar-refractivity contribution is 0.469. The molecule has 0 amide bonds. The van der Waals surface area contributed by atoms with Crippen LogP contribution in [0.2, 0.25) is 0 Å². The first kappa shape index (κ1) is 36.6. The molecule has 1 unspecified atom stereocenters. The van der Waals surface area contributed by atoms with E-state index < -0.39 is 6.85 Å². The summed E-state index contributed by atoms with van der Waals surface area (Å²) in [6, 6.07) is 58.7. The average Bonchev–Trinajstić information content (AvgIpc) is 3.89. The van der Waals surface area contributed by atoms with Crippen LogP contribution in [0.5, 0.6) is 11.5 Å². The zero-order valence-corrected chi connectivity index (χ0v) is 36.9. The molecule has 2 aromatic heterocycles. The minimum atomic E-state index is -2.31. The zero-order chi connectivity index (χ0) is 46.7. The molecule has 4 heterocycles. The monoisotopic (exact) mass is 845 g/mol. The third-order valence-electron chi connectivity index (χ3n) is 12.7. The van der Waals surface area contributed by atoms with E-state index in [1.54, 1.807) is 6.07 Å². The summed E-state index contributed by atoms with van der Waals surface area (Å²) < 4.78 is 35.0. The maximum atomic E-state index is 8.56. The summed E-state index contributed by atoms with van der Waals surface area (Å²) in [6.45, 7) is 6.34.